The highest BCUT2D eigenvalue weighted by Gasteiger charge is 2.22. The first-order valence-corrected chi connectivity index (χ1v) is 9.45. The lowest BCUT2D eigenvalue weighted by Crippen LogP contribution is -2.27. The molecule has 0 saturated heterocycles. The number of amides is 1. The van der Waals surface area contributed by atoms with Crippen LogP contribution in [-0.4, -0.2) is 16.7 Å². The van der Waals surface area contributed by atoms with Crippen LogP contribution < -0.4 is 15.6 Å². The van der Waals surface area contributed by atoms with Crippen molar-refractivity contribution in [3.8, 4) is 11.5 Å². The summed E-state index contributed by atoms with van der Waals surface area (Å²) in [6.45, 7) is 1.99. The Kier molecular flexibility index (Phi) is 4.99. The molecule has 1 amide bonds. The van der Waals surface area contributed by atoms with Crippen LogP contribution in [0.5, 0.6) is 11.5 Å². The number of hydrogen-bond acceptors (Lipinski definition) is 4. The number of aryl methyl sites for hydroxylation is 2. The number of ketones is 1. The van der Waals surface area contributed by atoms with E-state index in [0.29, 0.717) is 42.0 Å². The zero-order valence-corrected chi connectivity index (χ0v) is 16.0. The normalized spacial score (nSPS) is 12.9. The number of anilines is 1. The molecule has 0 unspecified atom stereocenters. The Morgan fingerprint density at radius 2 is 1.79 bits per heavy atom. The summed E-state index contributed by atoms with van der Waals surface area (Å²) in [7, 11) is 0. The SMILES string of the molecule is Cc1cccc(Oc2ccc(NC(=O)c3cc4c([nH]c3=O)CCCC4=O)cc2)c1. The van der Waals surface area contributed by atoms with Crippen LogP contribution in [-0.2, 0) is 6.42 Å². The first-order chi connectivity index (χ1) is 14.0. The van der Waals surface area contributed by atoms with E-state index in [1.807, 2.05) is 31.2 Å². The third-order valence-corrected chi connectivity index (χ3v) is 4.84. The Bertz CT molecular complexity index is 1150. The minimum atomic E-state index is -0.556. The number of H-pyrrole nitrogens is 1. The topological polar surface area (TPSA) is 88.3 Å². The van der Waals surface area contributed by atoms with Gasteiger partial charge in [0.1, 0.15) is 17.1 Å². The smallest absolute Gasteiger partial charge is 0.261 e. The number of aromatic amines is 1. The number of ether oxygens (including phenoxy) is 1. The third kappa shape index (κ3) is 4.11. The molecule has 0 fully saturated rings. The molecule has 0 saturated carbocycles. The standard InChI is InChI=1S/C23H20N2O4/c1-14-4-2-5-17(12-14)29-16-10-8-15(9-11-16)24-22(27)19-13-18-20(25-23(19)28)6-3-7-21(18)26/h2,4-5,8-13H,3,6-7H2,1H3,(H,24,27)(H,25,28). The van der Waals surface area contributed by atoms with Gasteiger partial charge in [-0.2, -0.15) is 0 Å². The summed E-state index contributed by atoms with van der Waals surface area (Å²) in [4.78, 5) is 39.6. The van der Waals surface area contributed by atoms with E-state index in [1.54, 1.807) is 24.3 Å². The van der Waals surface area contributed by atoms with Crippen molar-refractivity contribution in [2.24, 2.45) is 0 Å². The minimum absolute atomic E-state index is 0.0470. The van der Waals surface area contributed by atoms with Crippen LogP contribution in [0.2, 0.25) is 0 Å². The second kappa shape index (κ2) is 7.75. The number of benzene rings is 2. The summed E-state index contributed by atoms with van der Waals surface area (Å²) in [5.74, 6) is 0.756. The Morgan fingerprint density at radius 1 is 1.00 bits per heavy atom. The fourth-order valence-electron chi connectivity index (χ4n) is 3.36. The fourth-order valence-corrected chi connectivity index (χ4v) is 3.36. The second-order valence-electron chi connectivity index (χ2n) is 7.08. The number of nitrogens with one attached hydrogen (secondary N) is 2. The molecule has 0 spiro atoms. The van der Waals surface area contributed by atoms with E-state index in [1.165, 1.54) is 6.07 Å². The number of pyridine rings is 1. The van der Waals surface area contributed by atoms with Crippen molar-refractivity contribution in [1.29, 1.82) is 0 Å². The summed E-state index contributed by atoms with van der Waals surface area (Å²) in [5.41, 5.74) is 2.10. The van der Waals surface area contributed by atoms with Crippen molar-refractivity contribution in [1.82, 2.24) is 4.98 Å². The highest BCUT2D eigenvalue weighted by molar-refractivity contribution is 6.06. The molecule has 2 N–H and O–H groups in total. The molecule has 0 atom stereocenters. The monoisotopic (exact) mass is 388 g/mol. The van der Waals surface area contributed by atoms with Crippen molar-refractivity contribution < 1.29 is 14.3 Å². The summed E-state index contributed by atoms with van der Waals surface area (Å²) in [6, 6.07) is 16.0. The molecule has 2 aromatic carbocycles. The van der Waals surface area contributed by atoms with Gasteiger partial charge in [-0.05, 0) is 67.8 Å². The van der Waals surface area contributed by atoms with Crippen LogP contribution in [0.15, 0.2) is 59.4 Å². The summed E-state index contributed by atoms with van der Waals surface area (Å²) in [6.07, 6.45) is 1.79. The average Bonchev–Trinajstić information content (AvgIpc) is 2.69. The maximum atomic E-state index is 12.6. The van der Waals surface area contributed by atoms with Crippen molar-refractivity contribution >= 4 is 17.4 Å². The van der Waals surface area contributed by atoms with Gasteiger partial charge in [-0.15, -0.1) is 0 Å². The van der Waals surface area contributed by atoms with Crippen molar-refractivity contribution in [2.75, 3.05) is 5.32 Å². The van der Waals surface area contributed by atoms with E-state index < -0.39 is 11.5 Å². The Labute approximate surface area is 167 Å². The van der Waals surface area contributed by atoms with Gasteiger partial charge in [0.05, 0.1) is 0 Å². The summed E-state index contributed by atoms with van der Waals surface area (Å²) < 4.78 is 5.79. The highest BCUT2D eigenvalue weighted by atomic mass is 16.5. The lowest BCUT2D eigenvalue weighted by Gasteiger charge is -2.15. The third-order valence-electron chi connectivity index (χ3n) is 4.84. The lowest BCUT2D eigenvalue weighted by atomic mass is 9.93. The molecular formula is C23H20N2O4. The van der Waals surface area contributed by atoms with Gasteiger partial charge in [0, 0.05) is 23.4 Å². The number of fused-ring (bicyclic) bond motifs is 1. The lowest BCUT2D eigenvalue weighted by molar-refractivity contribution is 0.0971. The molecule has 6 nitrogen and oxygen atoms in total. The molecule has 1 aromatic heterocycles. The number of Topliss-reactive ketones (excluding diaryl/α,β-unsaturated/α-hetero) is 1. The predicted molar refractivity (Wildman–Crippen MR) is 110 cm³/mol. The first-order valence-electron chi connectivity index (χ1n) is 9.45. The van der Waals surface area contributed by atoms with Crippen LogP contribution in [0.25, 0.3) is 0 Å². The second-order valence-corrected chi connectivity index (χ2v) is 7.08. The molecule has 0 radical (unpaired) electrons. The molecule has 0 bridgehead atoms. The molecule has 4 rings (SSSR count). The number of carbonyl (C=O) groups is 2. The van der Waals surface area contributed by atoms with E-state index in [-0.39, 0.29) is 11.3 Å². The maximum Gasteiger partial charge on any atom is 0.261 e. The molecule has 1 aliphatic carbocycles. The van der Waals surface area contributed by atoms with Crippen LogP contribution in [0.4, 0.5) is 5.69 Å². The molecule has 3 aromatic rings. The van der Waals surface area contributed by atoms with Crippen LogP contribution in [0, 0.1) is 6.92 Å². The van der Waals surface area contributed by atoms with Gasteiger partial charge in [-0.25, -0.2) is 0 Å². The number of carbonyl (C=O) groups excluding carboxylic acids is 2. The predicted octanol–water partition coefficient (Wildman–Crippen LogP) is 4.25. The van der Waals surface area contributed by atoms with Crippen LogP contribution in [0.1, 0.15) is 44.8 Å². The van der Waals surface area contributed by atoms with Gasteiger partial charge in [-0.3, -0.25) is 14.4 Å². The van der Waals surface area contributed by atoms with Crippen molar-refractivity contribution in [3.63, 3.8) is 0 Å². The van der Waals surface area contributed by atoms with E-state index >= 15 is 0 Å². The maximum absolute atomic E-state index is 12.6. The summed E-state index contributed by atoms with van der Waals surface area (Å²) >= 11 is 0. The number of rotatable bonds is 4. The zero-order chi connectivity index (χ0) is 20.4. The molecule has 29 heavy (non-hydrogen) atoms. The molecule has 146 valence electrons. The molecule has 6 heteroatoms. The Morgan fingerprint density at radius 3 is 2.55 bits per heavy atom. The van der Waals surface area contributed by atoms with Gasteiger partial charge in [0.15, 0.2) is 5.78 Å². The van der Waals surface area contributed by atoms with Crippen molar-refractivity contribution in [3.05, 3.63) is 87.3 Å². The average molecular weight is 388 g/mol. The van der Waals surface area contributed by atoms with Crippen molar-refractivity contribution in [2.45, 2.75) is 26.2 Å². The highest BCUT2D eigenvalue weighted by Crippen LogP contribution is 2.24. The molecule has 1 aliphatic rings. The number of aromatic nitrogens is 1. The van der Waals surface area contributed by atoms with E-state index in [9.17, 15) is 14.4 Å². The zero-order valence-electron chi connectivity index (χ0n) is 16.0. The fraction of sp³-hybridized carbons (Fsp3) is 0.174. The quantitative estimate of drug-likeness (QED) is 0.699. The van der Waals surface area contributed by atoms with Crippen LogP contribution in [0.3, 0.4) is 0 Å². The molecular weight excluding hydrogens is 368 g/mol. The van der Waals surface area contributed by atoms with E-state index in [4.69, 9.17) is 4.74 Å². The Hall–Kier alpha value is -3.67. The van der Waals surface area contributed by atoms with Gasteiger partial charge in [0.2, 0.25) is 0 Å². The largest absolute Gasteiger partial charge is 0.457 e. The van der Waals surface area contributed by atoms with E-state index in [2.05, 4.69) is 10.3 Å². The summed E-state index contributed by atoms with van der Waals surface area (Å²) in [5, 5.41) is 2.70. The first kappa shape index (κ1) is 18.7. The Balaban J connectivity index is 1.49. The molecule has 0 aliphatic heterocycles. The van der Waals surface area contributed by atoms with Gasteiger partial charge >= 0.3 is 0 Å². The number of hydrogen-bond donors (Lipinski definition) is 2. The van der Waals surface area contributed by atoms with Crippen LogP contribution >= 0.6 is 0 Å². The van der Waals surface area contributed by atoms with E-state index in [0.717, 1.165) is 11.3 Å². The minimum Gasteiger partial charge on any atom is -0.457 e. The van der Waals surface area contributed by atoms with Gasteiger partial charge in [0.25, 0.3) is 11.5 Å². The van der Waals surface area contributed by atoms with Gasteiger partial charge < -0.3 is 15.0 Å². The molecule has 1 heterocycles. The van der Waals surface area contributed by atoms with Gasteiger partial charge in [-0.1, -0.05) is 12.1 Å².